The topological polar surface area (TPSA) is 83.7 Å². The molecule has 0 fully saturated rings. The van der Waals surface area contributed by atoms with Crippen LogP contribution in [0.2, 0.25) is 0 Å². The Bertz CT molecular complexity index is 883. The Kier molecular flexibility index (Phi) is 5.42. The van der Waals surface area contributed by atoms with Crippen molar-refractivity contribution < 1.29 is 32.3 Å². The van der Waals surface area contributed by atoms with Crippen LogP contribution >= 0.6 is 11.3 Å². The van der Waals surface area contributed by atoms with E-state index in [1.165, 1.54) is 36.6 Å². The summed E-state index contributed by atoms with van der Waals surface area (Å²) in [6.45, 7) is -3.41. The lowest BCUT2D eigenvalue weighted by atomic mass is 10.2. The van der Waals surface area contributed by atoms with Gasteiger partial charge in [-0.2, -0.15) is 13.8 Å². The van der Waals surface area contributed by atoms with Crippen molar-refractivity contribution in [2.24, 2.45) is 0 Å². The quantitative estimate of drug-likeness (QED) is 0.575. The number of aromatic nitrogens is 2. The van der Waals surface area contributed by atoms with Gasteiger partial charge < -0.3 is 18.7 Å². The van der Waals surface area contributed by atoms with Crippen molar-refractivity contribution in [2.45, 2.75) is 13.2 Å². The number of nitrogens with zero attached hydrogens (tertiary/aromatic N) is 2. The minimum atomic E-state index is -3.12. The van der Waals surface area contributed by atoms with Crippen molar-refractivity contribution in [3.8, 4) is 22.3 Å². The van der Waals surface area contributed by atoms with Crippen LogP contribution in [0.25, 0.3) is 10.8 Å². The number of alkyl halides is 2. The van der Waals surface area contributed by atoms with Crippen LogP contribution in [0.3, 0.4) is 0 Å². The minimum absolute atomic E-state index is 0.0145. The summed E-state index contributed by atoms with van der Waals surface area (Å²) >= 11 is 1.42. The molecule has 3 aromatic rings. The lowest BCUT2D eigenvalue weighted by Gasteiger charge is -2.13. The molecule has 0 bridgehead atoms. The normalized spacial score (nSPS) is 10.8. The molecule has 10 heteroatoms. The van der Waals surface area contributed by atoms with E-state index in [4.69, 9.17) is 14.0 Å². The summed E-state index contributed by atoms with van der Waals surface area (Å²) in [7, 11) is 1.27. The molecular weight excluding hydrogens is 370 g/mol. The predicted molar refractivity (Wildman–Crippen MR) is 86.4 cm³/mol. The Labute approximate surface area is 150 Å². The van der Waals surface area contributed by atoms with Crippen LogP contribution in [-0.4, -0.2) is 29.8 Å². The largest absolute Gasteiger partial charge is 0.493 e. The number of halogens is 2. The number of carbonyl (C=O) groups is 1. The second-order valence-corrected chi connectivity index (χ2v) is 5.73. The van der Waals surface area contributed by atoms with Gasteiger partial charge in [-0.25, -0.2) is 4.79 Å². The smallest absolute Gasteiger partial charge is 0.387 e. The Morgan fingerprint density at radius 3 is 2.85 bits per heavy atom. The second-order valence-electron chi connectivity index (χ2n) is 4.78. The molecule has 2 heterocycles. The number of ether oxygens (including phenoxy) is 3. The molecule has 0 spiro atoms. The minimum Gasteiger partial charge on any atom is -0.493 e. The first-order chi connectivity index (χ1) is 12.6. The summed E-state index contributed by atoms with van der Waals surface area (Å²) in [6.07, 6.45) is 0. The van der Waals surface area contributed by atoms with Crippen molar-refractivity contribution >= 4 is 17.3 Å². The number of thiophene rings is 1. The predicted octanol–water partition coefficient (Wildman–Crippen LogP) is 3.77. The molecule has 1 aromatic carbocycles. The van der Waals surface area contributed by atoms with Crippen LogP contribution in [0.4, 0.5) is 8.78 Å². The van der Waals surface area contributed by atoms with Crippen molar-refractivity contribution in [1.29, 1.82) is 0 Å². The molecule has 0 aliphatic heterocycles. The molecule has 0 aliphatic carbocycles. The van der Waals surface area contributed by atoms with Crippen molar-refractivity contribution in [3.05, 3.63) is 47.1 Å². The van der Waals surface area contributed by atoms with Gasteiger partial charge in [0, 0.05) is 0 Å². The van der Waals surface area contributed by atoms with Gasteiger partial charge in [-0.05, 0) is 23.6 Å². The highest BCUT2D eigenvalue weighted by molar-refractivity contribution is 7.13. The fourth-order valence-corrected chi connectivity index (χ4v) is 2.71. The summed E-state index contributed by atoms with van der Waals surface area (Å²) < 4.78 is 44.7. The molecular formula is C16H12F2N2O5S. The Morgan fingerprint density at radius 2 is 2.15 bits per heavy atom. The third kappa shape index (κ3) is 3.97. The molecule has 3 rings (SSSR count). The van der Waals surface area contributed by atoms with Gasteiger partial charge in [-0.3, -0.25) is 0 Å². The number of hydrogen-bond acceptors (Lipinski definition) is 8. The molecule has 0 atom stereocenters. The summed E-state index contributed by atoms with van der Waals surface area (Å²) in [5.74, 6) is -0.862. The van der Waals surface area contributed by atoms with Gasteiger partial charge in [-0.15, -0.1) is 11.3 Å². The number of para-hydroxylation sites is 1. The first-order valence-corrected chi connectivity index (χ1v) is 8.12. The van der Waals surface area contributed by atoms with Gasteiger partial charge in [0.25, 0.3) is 5.89 Å². The van der Waals surface area contributed by atoms with Crippen LogP contribution in [0, 0.1) is 0 Å². The summed E-state index contributed by atoms with van der Waals surface area (Å²) in [6, 6.07) is 7.77. The van der Waals surface area contributed by atoms with Crippen LogP contribution in [0.1, 0.15) is 16.2 Å². The van der Waals surface area contributed by atoms with Gasteiger partial charge in [0.05, 0.1) is 12.0 Å². The average Bonchev–Trinajstić information content (AvgIpc) is 3.30. The van der Waals surface area contributed by atoms with Crippen molar-refractivity contribution in [2.75, 3.05) is 7.11 Å². The average molecular weight is 382 g/mol. The molecule has 7 nitrogen and oxygen atoms in total. The van der Waals surface area contributed by atoms with E-state index in [1.807, 2.05) is 11.4 Å². The number of methoxy groups -OCH3 is 1. The fraction of sp³-hybridized carbons (Fsp3) is 0.188. The number of benzene rings is 1. The zero-order chi connectivity index (χ0) is 18.5. The lowest BCUT2D eigenvalue weighted by molar-refractivity contribution is -0.0518. The van der Waals surface area contributed by atoms with E-state index in [0.717, 1.165) is 4.88 Å². The summed E-state index contributed by atoms with van der Waals surface area (Å²) in [5, 5.41) is 5.56. The molecule has 0 saturated heterocycles. The molecule has 0 amide bonds. The first-order valence-electron chi connectivity index (χ1n) is 7.24. The van der Waals surface area contributed by atoms with E-state index in [9.17, 15) is 13.6 Å². The van der Waals surface area contributed by atoms with E-state index in [-0.39, 0.29) is 23.7 Å². The Balaban J connectivity index is 1.72. The van der Waals surface area contributed by atoms with Crippen LogP contribution in [-0.2, 0) is 11.3 Å². The highest BCUT2D eigenvalue weighted by Gasteiger charge is 2.22. The number of esters is 1. The third-order valence-electron chi connectivity index (χ3n) is 3.16. The van der Waals surface area contributed by atoms with Crippen molar-refractivity contribution in [3.63, 3.8) is 0 Å². The lowest BCUT2D eigenvalue weighted by Crippen LogP contribution is -2.12. The van der Waals surface area contributed by atoms with E-state index < -0.39 is 18.3 Å². The Morgan fingerprint density at radius 1 is 1.31 bits per heavy atom. The standard InChI is InChI=1S/C16H12F2N2O5S/c1-22-10-5-2-4-9(13(10)24-16(17)18)15(21)23-8-12-19-14(25-20-12)11-6-3-7-26-11/h2-7,16H,8H2,1H3. The maximum atomic E-state index is 12.6. The van der Waals surface area contributed by atoms with E-state index in [2.05, 4.69) is 14.9 Å². The van der Waals surface area contributed by atoms with E-state index in [1.54, 1.807) is 6.07 Å². The monoisotopic (exact) mass is 382 g/mol. The zero-order valence-electron chi connectivity index (χ0n) is 13.3. The van der Waals surface area contributed by atoms with Crippen LogP contribution < -0.4 is 9.47 Å². The SMILES string of the molecule is COc1cccc(C(=O)OCc2noc(-c3cccs3)n2)c1OC(F)F. The van der Waals surface area contributed by atoms with Gasteiger partial charge in [-0.1, -0.05) is 17.3 Å². The summed E-state index contributed by atoms with van der Waals surface area (Å²) in [5.41, 5.74) is -0.202. The molecule has 0 aliphatic rings. The number of rotatable bonds is 7. The summed E-state index contributed by atoms with van der Waals surface area (Å²) in [4.78, 5) is 17.1. The fourth-order valence-electron chi connectivity index (χ4n) is 2.07. The van der Waals surface area contributed by atoms with Crippen molar-refractivity contribution in [1.82, 2.24) is 10.1 Å². The third-order valence-corrected chi connectivity index (χ3v) is 4.02. The van der Waals surface area contributed by atoms with Crippen LogP contribution in [0.5, 0.6) is 11.5 Å². The van der Waals surface area contributed by atoms with Crippen LogP contribution in [0.15, 0.2) is 40.2 Å². The van der Waals surface area contributed by atoms with Gasteiger partial charge in [0.15, 0.2) is 18.1 Å². The molecule has 136 valence electrons. The van der Waals surface area contributed by atoms with Gasteiger partial charge in [0.2, 0.25) is 5.82 Å². The molecule has 0 unspecified atom stereocenters. The molecule has 0 radical (unpaired) electrons. The zero-order valence-corrected chi connectivity index (χ0v) is 14.2. The Hall–Kier alpha value is -3.01. The van der Waals surface area contributed by atoms with Gasteiger partial charge in [0.1, 0.15) is 5.56 Å². The number of carbonyl (C=O) groups excluding carboxylic acids is 1. The van der Waals surface area contributed by atoms with E-state index in [0.29, 0.717) is 5.89 Å². The maximum absolute atomic E-state index is 12.6. The second kappa shape index (κ2) is 7.91. The van der Waals surface area contributed by atoms with Gasteiger partial charge >= 0.3 is 12.6 Å². The molecule has 0 N–H and O–H groups in total. The molecule has 26 heavy (non-hydrogen) atoms. The highest BCUT2D eigenvalue weighted by atomic mass is 32.1. The van der Waals surface area contributed by atoms with E-state index >= 15 is 0 Å². The maximum Gasteiger partial charge on any atom is 0.387 e. The molecule has 0 saturated carbocycles. The number of hydrogen-bond donors (Lipinski definition) is 0. The first kappa shape index (κ1) is 17.8. The molecule has 2 aromatic heterocycles. The highest BCUT2D eigenvalue weighted by Crippen LogP contribution is 2.33.